The standard InChI is InChI=1S/C33H22N4O2/c38-27-17-6-4-15-25(27)30-32-31(26-16-5-7-18-28(26)39-32)36-33(35-30)22-11-10-14-24(21-22)37(23-12-2-1-3-13-23)29-19-8-9-20-34-29/h1-21,38H. The van der Waals surface area contributed by atoms with Crippen LogP contribution in [-0.4, -0.2) is 20.1 Å². The second kappa shape index (κ2) is 9.43. The topological polar surface area (TPSA) is 75.3 Å². The third-order valence-corrected chi connectivity index (χ3v) is 6.63. The summed E-state index contributed by atoms with van der Waals surface area (Å²) in [5.74, 6) is 1.46. The molecule has 0 aliphatic rings. The molecule has 6 heteroatoms. The van der Waals surface area contributed by atoms with Gasteiger partial charge in [0.05, 0.1) is 0 Å². The second-order valence-electron chi connectivity index (χ2n) is 9.10. The van der Waals surface area contributed by atoms with E-state index < -0.39 is 0 Å². The quantitative estimate of drug-likeness (QED) is 0.253. The lowest BCUT2D eigenvalue weighted by Gasteiger charge is -2.24. The van der Waals surface area contributed by atoms with Crippen LogP contribution in [0.1, 0.15) is 0 Å². The number of rotatable bonds is 5. The molecule has 186 valence electrons. The van der Waals surface area contributed by atoms with Crippen LogP contribution < -0.4 is 4.90 Å². The number of hydrogen-bond donors (Lipinski definition) is 1. The van der Waals surface area contributed by atoms with Gasteiger partial charge in [0.2, 0.25) is 0 Å². The van der Waals surface area contributed by atoms with Crippen LogP contribution in [0.3, 0.4) is 0 Å². The summed E-state index contributed by atoms with van der Waals surface area (Å²) in [5, 5.41) is 11.6. The first kappa shape index (κ1) is 22.7. The van der Waals surface area contributed by atoms with Crippen molar-refractivity contribution >= 4 is 39.3 Å². The Morgan fingerprint density at radius 2 is 1.44 bits per heavy atom. The number of phenolic OH excluding ortho intramolecular Hbond substituents is 1. The number of para-hydroxylation sites is 3. The van der Waals surface area contributed by atoms with Crippen LogP contribution >= 0.6 is 0 Å². The molecule has 7 rings (SSSR count). The van der Waals surface area contributed by atoms with Crippen LogP contribution in [0.5, 0.6) is 5.75 Å². The molecule has 3 aromatic heterocycles. The van der Waals surface area contributed by atoms with Crippen molar-refractivity contribution in [2.45, 2.75) is 0 Å². The van der Waals surface area contributed by atoms with E-state index in [-0.39, 0.29) is 5.75 Å². The van der Waals surface area contributed by atoms with E-state index in [0.717, 1.165) is 33.7 Å². The van der Waals surface area contributed by atoms with Gasteiger partial charge in [0.1, 0.15) is 28.4 Å². The number of pyridine rings is 1. The molecule has 0 amide bonds. The third kappa shape index (κ3) is 4.04. The highest BCUT2D eigenvalue weighted by Gasteiger charge is 2.20. The summed E-state index contributed by atoms with van der Waals surface area (Å²) in [6.07, 6.45) is 1.79. The Bertz CT molecular complexity index is 1900. The maximum Gasteiger partial charge on any atom is 0.180 e. The highest BCUT2D eigenvalue weighted by molar-refractivity contribution is 6.07. The number of fused-ring (bicyclic) bond motifs is 3. The zero-order valence-corrected chi connectivity index (χ0v) is 20.8. The largest absolute Gasteiger partial charge is 0.507 e. The van der Waals surface area contributed by atoms with Gasteiger partial charge in [0.15, 0.2) is 11.4 Å². The number of furan rings is 1. The Balaban J connectivity index is 1.45. The van der Waals surface area contributed by atoms with E-state index in [1.807, 2.05) is 91.0 Å². The fourth-order valence-electron chi connectivity index (χ4n) is 4.84. The van der Waals surface area contributed by atoms with Crippen molar-refractivity contribution < 1.29 is 9.52 Å². The van der Waals surface area contributed by atoms with E-state index in [4.69, 9.17) is 14.4 Å². The minimum absolute atomic E-state index is 0.128. The summed E-state index contributed by atoms with van der Waals surface area (Å²) in [7, 11) is 0. The van der Waals surface area contributed by atoms with Gasteiger partial charge in [-0.1, -0.05) is 60.7 Å². The zero-order chi connectivity index (χ0) is 26.2. The monoisotopic (exact) mass is 506 g/mol. The number of aromatic nitrogens is 3. The minimum atomic E-state index is 0.128. The van der Waals surface area contributed by atoms with E-state index in [1.54, 1.807) is 18.3 Å². The highest BCUT2D eigenvalue weighted by atomic mass is 16.3. The molecule has 0 saturated heterocycles. The number of nitrogens with zero attached hydrogens (tertiary/aromatic N) is 4. The molecular formula is C33H22N4O2. The lowest BCUT2D eigenvalue weighted by Crippen LogP contribution is -2.11. The molecule has 1 N–H and O–H groups in total. The summed E-state index contributed by atoms with van der Waals surface area (Å²) in [4.78, 5) is 16.6. The van der Waals surface area contributed by atoms with Crippen LogP contribution in [0.15, 0.2) is 132 Å². The number of benzene rings is 4. The molecule has 0 aliphatic heterocycles. The fraction of sp³-hybridized carbons (Fsp3) is 0. The first-order chi connectivity index (χ1) is 19.3. The molecular weight excluding hydrogens is 484 g/mol. The molecule has 0 atom stereocenters. The van der Waals surface area contributed by atoms with E-state index in [2.05, 4.69) is 28.1 Å². The molecule has 4 aromatic carbocycles. The highest BCUT2D eigenvalue weighted by Crippen LogP contribution is 2.39. The van der Waals surface area contributed by atoms with Crippen molar-refractivity contribution in [1.29, 1.82) is 0 Å². The van der Waals surface area contributed by atoms with Crippen molar-refractivity contribution in [3.8, 4) is 28.4 Å². The summed E-state index contributed by atoms with van der Waals surface area (Å²) in [5.41, 5.74) is 5.81. The molecule has 0 spiro atoms. The summed E-state index contributed by atoms with van der Waals surface area (Å²) in [6, 6.07) is 39.0. The minimum Gasteiger partial charge on any atom is -0.507 e. The summed E-state index contributed by atoms with van der Waals surface area (Å²) >= 11 is 0. The number of phenols is 1. The predicted molar refractivity (Wildman–Crippen MR) is 154 cm³/mol. The first-order valence-corrected chi connectivity index (χ1v) is 12.6. The Labute approximate surface area is 224 Å². The third-order valence-electron chi connectivity index (χ3n) is 6.63. The molecule has 0 unspecified atom stereocenters. The first-order valence-electron chi connectivity index (χ1n) is 12.6. The molecule has 0 bridgehead atoms. The Kier molecular flexibility index (Phi) is 5.49. The van der Waals surface area contributed by atoms with Crippen molar-refractivity contribution in [3.63, 3.8) is 0 Å². The average Bonchev–Trinajstić information content (AvgIpc) is 3.37. The van der Waals surface area contributed by atoms with Crippen LogP contribution in [0.4, 0.5) is 17.2 Å². The van der Waals surface area contributed by atoms with Gasteiger partial charge in [0.25, 0.3) is 0 Å². The molecule has 3 heterocycles. The second-order valence-corrected chi connectivity index (χ2v) is 9.10. The number of aromatic hydroxyl groups is 1. The normalized spacial score (nSPS) is 11.2. The van der Waals surface area contributed by atoms with Crippen molar-refractivity contribution in [2.75, 3.05) is 4.90 Å². The van der Waals surface area contributed by atoms with Crippen LogP contribution in [0.25, 0.3) is 44.7 Å². The van der Waals surface area contributed by atoms with Crippen LogP contribution in [-0.2, 0) is 0 Å². The van der Waals surface area contributed by atoms with Crippen molar-refractivity contribution in [1.82, 2.24) is 15.0 Å². The van der Waals surface area contributed by atoms with Crippen LogP contribution in [0.2, 0.25) is 0 Å². The summed E-state index contributed by atoms with van der Waals surface area (Å²) < 4.78 is 6.21. The lowest BCUT2D eigenvalue weighted by molar-refractivity contribution is 0.477. The van der Waals surface area contributed by atoms with E-state index in [1.165, 1.54) is 0 Å². The van der Waals surface area contributed by atoms with Gasteiger partial charge in [0, 0.05) is 34.1 Å². The van der Waals surface area contributed by atoms with Gasteiger partial charge >= 0.3 is 0 Å². The van der Waals surface area contributed by atoms with Crippen molar-refractivity contribution in [3.05, 3.63) is 128 Å². The molecule has 39 heavy (non-hydrogen) atoms. The maximum absolute atomic E-state index is 10.7. The van der Waals surface area contributed by atoms with Gasteiger partial charge in [-0.2, -0.15) is 0 Å². The van der Waals surface area contributed by atoms with Gasteiger partial charge in [-0.25, -0.2) is 15.0 Å². The zero-order valence-electron chi connectivity index (χ0n) is 20.8. The Morgan fingerprint density at radius 1 is 0.667 bits per heavy atom. The molecule has 0 radical (unpaired) electrons. The Morgan fingerprint density at radius 3 is 2.28 bits per heavy atom. The maximum atomic E-state index is 10.7. The molecule has 0 saturated carbocycles. The fourth-order valence-corrected chi connectivity index (χ4v) is 4.84. The SMILES string of the molecule is Oc1ccccc1-c1nc(-c2cccc(N(c3ccccc3)c3ccccn3)c2)nc2c1oc1ccccc12. The van der Waals surface area contributed by atoms with Gasteiger partial charge < -0.3 is 9.52 Å². The smallest absolute Gasteiger partial charge is 0.180 e. The lowest BCUT2D eigenvalue weighted by atomic mass is 10.1. The molecule has 0 aliphatic carbocycles. The van der Waals surface area contributed by atoms with Gasteiger partial charge in [-0.15, -0.1) is 0 Å². The summed E-state index contributed by atoms with van der Waals surface area (Å²) in [6.45, 7) is 0. The van der Waals surface area contributed by atoms with E-state index in [9.17, 15) is 5.11 Å². The van der Waals surface area contributed by atoms with Crippen LogP contribution in [0, 0.1) is 0 Å². The average molecular weight is 507 g/mol. The number of anilines is 3. The van der Waals surface area contributed by atoms with Gasteiger partial charge in [-0.3, -0.25) is 4.90 Å². The van der Waals surface area contributed by atoms with Crippen molar-refractivity contribution in [2.24, 2.45) is 0 Å². The van der Waals surface area contributed by atoms with E-state index in [0.29, 0.717) is 28.2 Å². The molecule has 6 nitrogen and oxygen atoms in total. The number of hydrogen-bond acceptors (Lipinski definition) is 6. The van der Waals surface area contributed by atoms with Gasteiger partial charge in [-0.05, 0) is 60.7 Å². The predicted octanol–water partition coefficient (Wildman–Crippen LogP) is 8.28. The molecule has 7 aromatic rings. The van der Waals surface area contributed by atoms with E-state index >= 15 is 0 Å². The molecule has 0 fully saturated rings. The Hall–Kier alpha value is -5.49.